The Hall–Kier alpha value is -0.540. The van der Waals surface area contributed by atoms with E-state index in [1.54, 1.807) is 17.8 Å². The molecular formula is C11H16FNS. The van der Waals surface area contributed by atoms with E-state index in [-0.39, 0.29) is 11.9 Å². The predicted molar refractivity (Wildman–Crippen MR) is 61.1 cm³/mol. The molecule has 14 heavy (non-hydrogen) atoms. The van der Waals surface area contributed by atoms with Crippen LogP contribution in [0.2, 0.25) is 0 Å². The molecule has 0 heterocycles. The molecule has 0 spiro atoms. The van der Waals surface area contributed by atoms with Gasteiger partial charge >= 0.3 is 0 Å². The molecule has 0 aliphatic rings. The van der Waals surface area contributed by atoms with E-state index < -0.39 is 0 Å². The molecule has 0 bridgehead atoms. The van der Waals surface area contributed by atoms with Gasteiger partial charge in [-0.1, -0.05) is 17.7 Å². The van der Waals surface area contributed by atoms with Crippen molar-refractivity contribution in [3.05, 3.63) is 35.1 Å². The summed E-state index contributed by atoms with van der Waals surface area (Å²) in [6.07, 6.45) is 2.85. The predicted octanol–water partition coefficient (Wildman–Crippen LogP) is 2.89. The number of halogens is 1. The van der Waals surface area contributed by atoms with Gasteiger partial charge in [-0.3, -0.25) is 0 Å². The fraction of sp³-hybridized carbons (Fsp3) is 0.455. The molecule has 1 unspecified atom stereocenters. The van der Waals surface area contributed by atoms with Gasteiger partial charge in [0.1, 0.15) is 5.82 Å². The SMILES string of the molecule is CSCCC(N)c1cc(C)ccc1F. The highest BCUT2D eigenvalue weighted by Gasteiger charge is 2.10. The Morgan fingerprint density at radius 2 is 2.21 bits per heavy atom. The van der Waals surface area contributed by atoms with E-state index in [0.717, 1.165) is 17.7 Å². The Kier molecular flexibility index (Phi) is 4.42. The summed E-state index contributed by atoms with van der Waals surface area (Å²) in [5, 5.41) is 0. The molecule has 1 aromatic carbocycles. The standard InChI is InChI=1S/C11H16FNS/c1-8-3-4-10(12)9(7-8)11(13)5-6-14-2/h3-4,7,11H,5-6,13H2,1-2H3. The van der Waals surface area contributed by atoms with Crippen molar-refractivity contribution in [1.29, 1.82) is 0 Å². The third kappa shape index (κ3) is 3.00. The molecular weight excluding hydrogens is 197 g/mol. The minimum absolute atomic E-state index is 0.178. The van der Waals surface area contributed by atoms with Crippen molar-refractivity contribution in [2.45, 2.75) is 19.4 Å². The number of rotatable bonds is 4. The first kappa shape index (κ1) is 11.5. The number of thioether (sulfide) groups is 1. The molecule has 1 aromatic rings. The van der Waals surface area contributed by atoms with Crippen molar-refractivity contribution in [3.63, 3.8) is 0 Å². The molecule has 2 N–H and O–H groups in total. The van der Waals surface area contributed by atoms with Gasteiger partial charge in [0.2, 0.25) is 0 Å². The molecule has 0 saturated carbocycles. The molecule has 0 aliphatic heterocycles. The van der Waals surface area contributed by atoms with Gasteiger partial charge in [0.05, 0.1) is 0 Å². The van der Waals surface area contributed by atoms with Crippen LogP contribution < -0.4 is 5.73 Å². The molecule has 78 valence electrons. The third-order valence-corrected chi connectivity index (χ3v) is 2.83. The zero-order chi connectivity index (χ0) is 10.6. The van der Waals surface area contributed by atoms with E-state index in [4.69, 9.17) is 5.73 Å². The maximum Gasteiger partial charge on any atom is 0.127 e. The van der Waals surface area contributed by atoms with Gasteiger partial charge in [-0.2, -0.15) is 11.8 Å². The summed E-state index contributed by atoms with van der Waals surface area (Å²) in [6.45, 7) is 1.95. The van der Waals surface area contributed by atoms with Crippen LogP contribution in [-0.2, 0) is 0 Å². The van der Waals surface area contributed by atoms with Crippen LogP contribution in [0.5, 0.6) is 0 Å². The van der Waals surface area contributed by atoms with E-state index in [2.05, 4.69) is 0 Å². The summed E-state index contributed by atoms with van der Waals surface area (Å²) in [4.78, 5) is 0. The highest BCUT2D eigenvalue weighted by atomic mass is 32.2. The van der Waals surface area contributed by atoms with E-state index in [1.165, 1.54) is 6.07 Å². The van der Waals surface area contributed by atoms with Crippen molar-refractivity contribution < 1.29 is 4.39 Å². The van der Waals surface area contributed by atoms with E-state index in [1.807, 2.05) is 19.2 Å². The van der Waals surface area contributed by atoms with Gasteiger partial charge in [-0.15, -0.1) is 0 Å². The van der Waals surface area contributed by atoms with Crippen LogP contribution in [0.15, 0.2) is 18.2 Å². The molecule has 0 fully saturated rings. The lowest BCUT2D eigenvalue weighted by atomic mass is 10.0. The second kappa shape index (κ2) is 5.37. The lowest BCUT2D eigenvalue weighted by Gasteiger charge is -2.12. The van der Waals surface area contributed by atoms with Gasteiger partial charge in [-0.05, 0) is 31.4 Å². The Labute approximate surface area is 88.9 Å². The second-order valence-corrected chi connectivity index (χ2v) is 4.40. The molecule has 0 amide bonds. The molecule has 0 saturated heterocycles. The van der Waals surface area contributed by atoms with Crippen LogP contribution >= 0.6 is 11.8 Å². The van der Waals surface area contributed by atoms with E-state index in [9.17, 15) is 4.39 Å². The van der Waals surface area contributed by atoms with Crippen LogP contribution in [-0.4, -0.2) is 12.0 Å². The second-order valence-electron chi connectivity index (χ2n) is 3.41. The van der Waals surface area contributed by atoms with Crippen LogP contribution in [0.25, 0.3) is 0 Å². The van der Waals surface area contributed by atoms with Crippen molar-refractivity contribution >= 4 is 11.8 Å². The van der Waals surface area contributed by atoms with E-state index >= 15 is 0 Å². The first-order valence-electron chi connectivity index (χ1n) is 4.65. The van der Waals surface area contributed by atoms with Crippen LogP contribution in [0.4, 0.5) is 4.39 Å². The van der Waals surface area contributed by atoms with Crippen LogP contribution in [0.3, 0.4) is 0 Å². The fourth-order valence-electron chi connectivity index (χ4n) is 1.35. The molecule has 0 aromatic heterocycles. The quantitative estimate of drug-likeness (QED) is 0.832. The number of benzene rings is 1. The smallest absolute Gasteiger partial charge is 0.127 e. The summed E-state index contributed by atoms with van der Waals surface area (Å²) in [5.41, 5.74) is 7.59. The summed E-state index contributed by atoms with van der Waals surface area (Å²) in [6, 6.07) is 4.91. The monoisotopic (exact) mass is 213 g/mol. The van der Waals surface area contributed by atoms with E-state index in [0.29, 0.717) is 5.56 Å². The van der Waals surface area contributed by atoms with Gasteiger partial charge in [0.25, 0.3) is 0 Å². The van der Waals surface area contributed by atoms with Gasteiger partial charge in [0.15, 0.2) is 0 Å². The molecule has 1 atom stereocenters. The molecule has 1 rings (SSSR count). The summed E-state index contributed by atoms with van der Waals surface area (Å²) in [5.74, 6) is 0.776. The van der Waals surface area contributed by atoms with Crippen molar-refractivity contribution in [2.24, 2.45) is 5.73 Å². The van der Waals surface area contributed by atoms with Gasteiger partial charge in [0, 0.05) is 11.6 Å². The topological polar surface area (TPSA) is 26.0 Å². The Bertz CT molecular complexity index is 301. The Balaban J connectivity index is 2.77. The van der Waals surface area contributed by atoms with Crippen molar-refractivity contribution in [2.75, 3.05) is 12.0 Å². The average molecular weight is 213 g/mol. The number of hydrogen-bond donors (Lipinski definition) is 1. The maximum absolute atomic E-state index is 13.4. The largest absolute Gasteiger partial charge is 0.324 e. The number of nitrogens with two attached hydrogens (primary N) is 1. The highest BCUT2D eigenvalue weighted by molar-refractivity contribution is 7.98. The van der Waals surface area contributed by atoms with Gasteiger partial charge < -0.3 is 5.73 Å². The minimum Gasteiger partial charge on any atom is -0.324 e. The maximum atomic E-state index is 13.4. The first-order chi connectivity index (χ1) is 6.65. The van der Waals surface area contributed by atoms with Gasteiger partial charge in [-0.25, -0.2) is 4.39 Å². The highest BCUT2D eigenvalue weighted by Crippen LogP contribution is 2.20. The normalized spacial score (nSPS) is 12.9. The van der Waals surface area contributed by atoms with Crippen molar-refractivity contribution in [1.82, 2.24) is 0 Å². The summed E-state index contributed by atoms with van der Waals surface area (Å²) >= 11 is 1.73. The van der Waals surface area contributed by atoms with Crippen molar-refractivity contribution in [3.8, 4) is 0 Å². The Morgan fingerprint density at radius 3 is 2.86 bits per heavy atom. The average Bonchev–Trinajstić information content (AvgIpc) is 2.18. The third-order valence-electron chi connectivity index (χ3n) is 2.18. The molecule has 0 radical (unpaired) electrons. The molecule has 3 heteroatoms. The first-order valence-corrected chi connectivity index (χ1v) is 6.05. The lowest BCUT2D eigenvalue weighted by molar-refractivity contribution is 0.576. The zero-order valence-electron chi connectivity index (χ0n) is 8.59. The van der Waals surface area contributed by atoms with Crippen LogP contribution in [0.1, 0.15) is 23.6 Å². The number of aryl methyl sites for hydroxylation is 1. The number of hydrogen-bond acceptors (Lipinski definition) is 2. The molecule has 1 nitrogen and oxygen atoms in total. The Morgan fingerprint density at radius 1 is 1.50 bits per heavy atom. The van der Waals surface area contributed by atoms with Crippen LogP contribution in [0, 0.1) is 12.7 Å². The minimum atomic E-state index is -0.191. The molecule has 0 aliphatic carbocycles. The summed E-state index contributed by atoms with van der Waals surface area (Å²) < 4.78 is 13.4. The zero-order valence-corrected chi connectivity index (χ0v) is 9.40. The fourth-order valence-corrected chi connectivity index (χ4v) is 1.84. The summed E-state index contributed by atoms with van der Waals surface area (Å²) in [7, 11) is 0. The lowest BCUT2D eigenvalue weighted by Crippen LogP contribution is -2.13.